The summed E-state index contributed by atoms with van der Waals surface area (Å²) in [6.45, 7) is 4.29. The number of rotatable bonds is 9. The second kappa shape index (κ2) is 17.6. The average Bonchev–Trinajstić information content (AvgIpc) is 3.74. The maximum atomic E-state index is 5.37. The summed E-state index contributed by atoms with van der Waals surface area (Å²) in [5.74, 6) is 2.28. The molecule has 3 heterocycles. The van der Waals surface area contributed by atoms with Crippen LogP contribution in [0, 0.1) is 13.8 Å². The predicted molar refractivity (Wildman–Crippen MR) is 283 cm³/mol. The largest absolute Gasteiger partial charge is 0.308 e. The molecule has 0 N–H and O–H groups in total. The van der Waals surface area contributed by atoms with E-state index in [1.807, 2.05) is 97.1 Å². The molecule has 0 bridgehead atoms. The van der Waals surface area contributed by atoms with E-state index >= 15 is 0 Å². The van der Waals surface area contributed by atoms with E-state index in [4.69, 9.17) is 24.9 Å². The minimum Gasteiger partial charge on any atom is -0.308 e. The fourth-order valence-electron chi connectivity index (χ4n) is 9.35. The topological polar surface area (TPSA) is 69.4 Å². The van der Waals surface area contributed by atoms with E-state index in [2.05, 4.69) is 152 Å². The summed E-state index contributed by atoms with van der Waals surface area (Å²) in [5, 5.41) is 2.29. The first-order valence-electron chi connectivity index (χ1n) is 23.2. The zero-order valence-corrected chi connectivity index (χ0v) is 38.1. The van der Waals surface area contributed by atoms with Crippen LogP contribution in [-0.2, 0) is 0 Å². The van der Waals surface area contributed by atoms with Crippen molar-refractivity contribution >= 4 is 21.8 Å². The van der Waals surface area contributed by atoms with Crippen LogP contribution in [0.15, 0.2) is 231 Å². The van der Waals surface area contributed by atoms with Gasteiger partial charge in [0.25, 0.3) is 0 Å². The Morgan fingerprint density at radius 1 is 0.275 bits per heavy atom. The highest BCUT2D eigenvalue weighted by molar-refractivity contribution is 6.11. The molecule has 0 aliphatic carbocycles. The van der Waals surface area contributed by atoms with E-state index in [9.17, 15) is 0 Å². The zero-order valence-electron chi connectivity index (χ0n) is 38.1. The molecular weight excluding hydrogens is 841 g/mol. The first kappa shape index (κ1) is 41.3. The molecule has 0 fully saturated rings. The summed E-state index contributed by atoms with van der Waals surface area (Å²) in [6, 6.07) is 80.5. The quantitative estimate of drug-likeness (QED) is 0.144. The van der Waals surface area contributed by atoms with Gasteiger partial charge >= 0.3 is 0 Å². The van der Waals surface area contributed by atoms with Gasteiger partial charge in [0.2, 0.25) is 0 Å². The van der Waals surface area contributed by atoms with Gasteiger partial charge in [-0.15, -0.1) is 0 Å². The Kier molecular flexibility index (Phi) is 10.5. The minimum absolute atomic E-state index is 0.529. The molecule has 0 radical (unpaired) electrons. The molecule has 9 aromatic carbocycles. The van der Waals surface area contributed by atoms with Crippen molar-refractivity contribution in [2.45, 2.75) is 13.8 Å². The van der Waals surface area contributed by atoms with Gasteiger partial charge in [-0.3, -0.25) is 0 Å². The van der Waals surface area contributed by atoms with Crippen LogP contribution in [0.3, 0.4) is 0 Å². The highest BCUT2D eigenvalue weighted by Gasteiger charge is 2.23. The van der Waals surface area contributed by atoms with Crippen LogP contribution in [-0.4, -0.2) is 29.5 Å². The molecule has 6 heteroatoms. The number of fused-ring (bicyclic) bond motifs is 3. The molecule has 0 spiro atoms. The molecule has 3 aromatic heterocycles. The molecule has 0 saturated heterocycles. The highest BCUT2D eigenvalue weighted by Crippen LogP contribution is 2.41. The zero-order chi connectivity index (χ0) is 46.3. The Morgan fingerprint density at radius 2 is 0.667 bits per heavy atom. The lowest BCUT2D eigenvalue weighted by Gasteiger charge is -2.17. The van der Waals surface area contributed by atoms with Gasteiger partial charge in [0, 0.05) is 44.2 Å². The van der Waals surface area contributed by atoms with Gasteiger partial charge in [-0.2, -0.15) is 0 Å². The van der Waals surface area contributed by atoms with E-state index < -0.39 is 0 Å². The Labute approximate surface area is 401 Å². The van der Waals surface area contributed by atoms with Crippen LogP contribution in [0.1, 0.15) is 11.1 Å². The third-order valence-corrected chi connectivity index (χ3v) is 12.8. The molecule has 12 aromatic rings. The second-order valence-corrected chi connectivity index (χ2v) is 17.5. The number of nitrogens with zero attached hydrogens (tertiary/aromatic N) is 6. The normalized spacial score (nSPS) is 11.3. The number of aromatic nitrogens is 6. The van der Waals surface area contributed by atoms with E-state index in [1.54, 1.807) is 0 Å². The van der Waals surface area contributed by atoms with Gasteiger partial charge in [0.15, 0.2) is 23.3 Å². The molecule has 0 aliphatic heterocycles. The van der Waals surface area contributed by atoms with Crippen molar-refractivity contribution in [3.63, 3.8) is 0 Å². The fraction of sp³-hybridized carbons (Fsp3) is 0.0317. The molecule has 326 valence electrons. The van der Waals surface area contributed by atoms with Crippen LogP contribution in [0.5, 0.6) is 0 Å². The smallest absolute Gasteiger partial charge is 0.166 e. The SMILES string of the molecule is Cc1cccc(-c2ccc3c4ccc(-c5cccc(C)c5)cc4n(-c4ccc(-c5nc(-c6ccccc6)cc(-c6ccccc6)n5)cc4-c4nc(-c5ccccc5)nc(-c5ccccc5)n4)c3c2)c1. The first-order valence-corrected chi connectivity index (χ1v) is 23.2. The Balaban J connectivity index is 1.18. The summed E-state index contributed by atoms with van der Waals surface area (Å²) in [5.41, 5.74) is 17.1. The summed E-state index contributed by atoms with van der Waals surface area (Å²) < 4.78 is 2.40. The van der Waals surface area contributed by atoms with Crippen LogP contribution in [0.2, 0.25) is 0 Å². The van der Waals surface area contributed by atoms with Crippen molar-refractivity contribution in [3.8, 4) is 96.0 Å². The van der Waals surface area contributed by atoms with Crippen molar-refractivity contribution in [1.82, 2.24) is 29.5 Å². The van der Waals surface area contributed by atoms with E-state index in [-0.39, 0.29) is 0 Å². The summed E-state index contributed by atoms with van der Waals surface area (Å²) >= 11 is 0. The Morgan fingerprint density at radius 3 is 1.13 bits per heavy atom. The van der Waals surface area contributed by atoms with Crippen molar-refractivity contribution in [2.24, 2.45) is 0 Å². The number of hydrogen-bond acceptors (Lipinski definition) is 5. The highest BCUT2D eigenvalue weighted by atomic mass is 15.1. The lowest BCUT2D eigenvalue weighted by molar-refractivity contribution is 1.06. The maximum absolute atomic E-state index is 5.37. The van der Waals surface area contributed by atoms with E-state index in [0.717, 1.165) is 94.5 Å². The Hall–Kier alpha value is -9.13. The van der Waals surface area contributed by atoms with Crippen LogP contribution < -0.4 is 0 Å². The molecule has 69 heavy (non-hydrogen) atoms. The number of benzene rings is 9. The molecule has 0 saturated carbocycles. The van der Waals surface area contributed by atoms with Crippen LogP contribution >= 0.6 is 0 Å². The standard InChI is InChI=1S/C63H44N6/c1-41-17-15-27-47(35-41)49-29-32-52-53-33-30-50(48-28-16-18-42(2)36-48)39-59(53)69(58(52)38-49)57-34-31-51(62-64-55(43-19-7-3-8-20-43)40-56(65-62)44-21-9-4-10-22-44)37-54(57)63-67-60(45-23-11-5-12-24-45)66-61(68-63)46-25-13-6-14-26-46/h3-40H,1-2H3. The van der Waals surface area contributed by atoms with E-state index in [0.29, 0.717) is 23.3 Å². The minimum atomic E-state index is 0.529. The van der Waals surface area contributed by atoms with Crippen molar-refractivity contribution in [2.75, 3.05) is 0 Å². The van der Waals surface area contributed by atoms with Gasteiger partial charge in [0.1, 0.15) is 0 Å². The maximum Gasteiger partial charge on any atom is 0.166 e. The van der Waals surface area contributed by atoms with E-state index in [1.165, 1.54) is 11.1 Å². The lowest BCUT2D eigenvalue weighted by atomic mass is 10.0. The summed E-state index contributed by atoms with van der Waals surface area (Å²) in [6.07, 6.45) is 0. The number of hydrogen-bond donors (Lipinski definition) is 0. The molecular formula is C63H44N6. The number of aryl methyl sites for hydroxylation is 2. The third kappa shape index (κ3) is 8.04. The molecule has 12 rings (SSSR count). The van der Waals surface area contributed by atoms with Gasteiger partial charge in [0.05, 0.1) is 28.1 Å². The van der Waals surface area contributed by atoms with Gasteiger partial charge in [-0.05, 0) is 72.5 Å². The second-order valence-electron chi connectivity index (χ2n) is 17.5. The molecule has 0 amide bonds. The van der Waals surface area contributed by atoms with Crippen molar-refractivity contribution in [1.29, 1.82) is 0 Å². The van der Waals surface area contributed by atoms with Crippen molar-refractivity contribution < 1.29 is 0 Å². The van der Waals surface area contributed by atoms with Gasteiger partial charge in [-0.1, -0.05) is 205 Å². The molecule has 0 unspecified atom stereocenters. The van der Waals surface area contributed by atoms with Crippen LogP contribution in [0.25, 0.3) is 118 Å². The third-order valence-electron chi connectivity index (χ3n) is 12.8. The van der Waals surface area contributed by atoms with Gasteiger partial charge in [-0.25, -0.2) is 24.9 Å². The van der Waals surface area contributed by atoms with Gasteiger partial charge < -0.3 is 4.57 Å². The monoisotopic (exact) mass is 884 g/mol. The first-order chi connectivity index (χ1) is 34.0. The summed E-state index contributed by atoms with van der Waals surface area (Å²) in [4.78, 5) is 26.4. The Bertz CT molecular complexity index is 3630. The summed E-state index contributed by atoms with van der Waals surface area (Å²) in [7, 11) is 0. The molecule has 6 nitrogen and oxygen atoms in total. The lowest BCUT2D eigenvalue weighted by Crippen LogP contribution is -2.04. The average molecular weight is 885 g/mol. The molecule has 0 aliphatic rings. The molecule has 0 atom stereocenters. The van der Waals surface area contributed by atoms with Crippen molar-refractivity contribution in [3.05, 3.63) is 242 Å². The van der Waals surface area contributed by atoms with Crippen LogP contribution in [0.4, 0.5) is 0 Å². The predicted octanol–water partition coefficient (Wildman–Crippen LogP) is 15.7. The fourth-order valence-corrected chi connectivity index (χ4v) is 9.35.